The molecule has 0 atom stereocenters. The highest BCUT2D eigenvalue weighted by Crippen LogP contribution is 2.27. The van der Waals surface area contributed by atoms with Gasteiger partial charge in [-0.2, -0.15) is 0 Å². The zero-order chi connectivity index (χ0) is 10.0. The Balaban J connectivity index is 1.97. The molecule has 0 aromatic heterocycles. The van der Waals surface area contributed by atoms with E-state index >= 15 is 0 Å². The predicted molar refractivity (Wildman–Crippen MR) is 60.3 cm³/mol. The number of rotatable bonds is 2. The van der Waals surface area contributed by atoms with Gasteiger partial charge >= 0.3 is 0 Å². The second-order valence-electron chi connectivity index (χ2n) is 5.24. The van der Waals surface area contributed by atoms with Crippen LogP contribution in [0.2, 0.25) is 0 Å². The molecule has 0 aromatic carbocycles. The molecule has 0 bridgehead atoms. The second kappa shape index (κ2) is 4.19. The molecule has 0 N–H and O–H groups in total. The van der Waals surface area contributed by atoms with Crippen molar-refractivity contribution in [2.24, 2.45) is 0 Å². The van der Waals surface area contributed by atoms with Gasteiger partial charge in [-0.05, 0) is 65.7 Å². The Labute approximate surface area is 88.3 Å². The Morgan fingerprint density at radius 2 is 1.00 bits per heavy atom. The first-order chi connectivity index (χ1) is 6.71. The number of likely N-dealkylation sites (tertiary alicyclic amines) is 2. The third kappa shape index (κ3) is 1.96. The van der Waals surface area contributed by atoms with Crippen molar-refractivity contribution in [3.8, 4) is 0 Å². The lowest BCUT2D eigenvalue weighted by molar-refractivity contribution is -0.0290. The average molecular weight is 196 g/mol. The molecule has 2 nitrogen and oxygen atoms in total. The first-order valence-corrected chi connectivity index (χ1v) is 6.21. The number of piperidine rings is 1. The van der Waals surface area contributed by atoms with Crippen molar-refractivity contribution in [3.63, 3.8) is 0 Å². The molecule has 2 fully saturated rings. The molecule has 0 amide bonds. The molecule has 0 spiro atoms. The Hall–Kier alpha value is -0.0800. The van der Waals surface area contributed by atoms with Crippen LogP contribution in [0.15, 0.2) is 0 Å². The van der Waals surface area contributed by atoms with Crippen LogP contribution in [0.25, 0.3) is 0 Å². The van der Waals surface area contributed by atoms with Gasteiger partial charge in [-0.3, -0.25) is 9.80 Å². The van der Waals surface area contributed by atoms with Gasteiger partial charge in [0, 0.05) is 0 Å². The van der Waals surface area contributed by atoms with Crippen LogP contribution in [0.1, 0.15) is 46.0 Å². The van der Waals surface area contributed by atoms with Crippen LogP contribution in [0.5, 0.6) is 0 Å². The molecule has 2 aliphatic rings. The summed E-state index contributed by atoms with van der Waals surface area (Å²) < 4.78 is 0. The van der Waals surface area contributed by atoms with E-state index in [2.05, 4.69) is 23.6 Å². The molecule has 2 aliphatic heterocycles. The van der Waals surface area contributed by atoms with Crippen molar-refractivity contribution in [3.05, 3.63) is 0 Å². The zero-order valence-electron chi connectivity index (χ0n) is 9.76. The number of nitrogens with zero attached hydrogens (tertiary/aromatic N) is 2. The molecule has 0 radical (unpaired) electrons. The third-order valence-electron chi connectivity index (χ3n) is 4.01. The lowest BCUT2D eigenvalue weighted by atomic mass is 10.1. The van der Waals surface area contributed by atoms with Gasteiger partial charge in [-0.25, -0.2) is 0 Å². The van der Waals surface area contributed by atoms with E-state index in [0.29, 0.717) is 5.66 Å². The second-order valence-corrected chi connectivity index (χ2v) is 5.24. The molecule has 0 aromatic rings. The summed E-state index contributed by atoms with van der Waals surface area (Å²) >= 11 is 0. The molecule has 2 saturated heterocycles. The van der Waals surface area contributed by atoms with E-state index in [0.717, 1.165) is 0 Å². The fourth-order valence-corrected chi connectivity index (χ4v) is 2.91. The van der Waals surface area contributed by atoms with Crippen molar-refractivity contribution in [2.45, 2.75) is 51.6 Å². The third-order valence-corrected chi connectivity index (χ3v) is 4.01. The lowest BCUT2D eigenvalue weighted by Gasteiger charge is -2.46. The van der Waals surface area contributed by atoms with E-state index in [1.807, 2.05) is 0 Å². The highest BCUT2D eigenvalue weighted by Gasteiger charge is 2.34. The van der Waals surface area contributed by atoms with Crippen LogP contribution in [0, 0.1) is 0 Å². The molecule has 14 heavy (non-hydrogen) atoms. The largest absolute Gasteiger partial charge is 0.286 e. The van der Waals surface area contributed by atoms with Gasteiger partial charge in [0.25, 0.3) is 0 Å². The van der Waals surface area contributed by atoms with Gasteiger partial charge in [0.15, 0.2) is 0 Å². The minimum absolute atomic E-state index is 0.316. The molecular weight excluding hydrogens is 172 g/mol. The van der Waals surface area contributed by atoms with Crippen LogP contribution in [0.4, 0.5) is 0 Å². The normalized spacial score (nSPS) is 27.0. The minimum atomic E-state index is 0.316. The van der Waals surface area contributed by atoms with E-state index in [-0.39, 0.29) is 0 Å². The molecule has 0 aliphatic carbocycles. The van der Waals surface area contributed by atoms with E-state index < -0.39 is 0 Å². The van der Waals surface area contributed by atoms with Crippen LogP contribution in [-0.2, 0) is 0 Å². The van der Waals surface area contributed by atoms with Crippen molar-refractivity contribution < 1.29 is 0 Å². The van der Waals surface area contributed by atoms with E-state index in [9.17, 15) is 0 Å². The summed E-state index contributed by atoms with van der Waals surface area (Å²) in [5.74, 6) is 0. The summed E-state index contributed by atoms with van der Waals surface area (Å²) in [4.78, 5) is 5.35. The van der Waals surface area contributed by atoms with Crippen LogP contribution >= 0.6 is 0 Å². The predicted octanol–water partition coefficient (Wildman–Crippen LogP) is 2.30. The van der Waals surface area contributed by atoms with Crippen molar-refractivity contribution in [1.29, 1.82) is 0 Å². The topological polar surface area (TPSA) is 6.48 Å². The highest BCUT2D eigenvalue weighted by atomic mass is 15.4. The molecule has 82 valence electrons. The Bertz CT molecular complexity index is 177. The van der Waals surface area contributed by atoms with Gasteiger partial charge in [-0.1, -0.05) is 6.42 Å². The molecule has 2 heteroatoms. The van der Waals surface area contributed by atoms with Crippen LogP contribution < -0.4 is 0 Å². The van der Waals surface area contributed by atoms with Crippen LogP contribution in [-0.4, -0.2) is 41.6 Å². The van der Waals surface area contributed by atoms with Gasteiger partial charge < -0.3 is 0 Å². The first-order valence-electron chi connectivity index (χ1n) is 6.21. The van der Waals surface area contributed by atoms with E-state index in [4.69, 9.17) is 0 Å². The number of hydrogen-bond donors (Lipinski definition) is 0. The Morgan fingerprint density at radius 1 is 0.643 bits per heavy atom. The quantitative estimate of drug-likeness (QED) is 0.668. The smallest absolute Gasteiger partial charge is 0.0679 e. The fraction of sp³-hybridized carbons (Fsp3) is 1.00. The maximum Gasteiger partial charge on any atom is 0.0679 e. The van der Waals surface area contributed by atoms with Gasteiger partial charge in [-0.15, -0.1) is 0 Å². The maximum atomic E-state index is 2.68. The van der Waals surface area contributed by atoms with E-state index in [1.165, 1.54) is 58.3 Å². The summed E-state index contributed by atoms with van der Waals surface area (Å²) in [6.45, 7) is 10.0. The van der Waals surface area contributed by atoms with E-state index in [1.54, 1.807) is 0 Å². The summed E-state index contributed by atoms with van der Waals surface area (Å²) in [6, 6.07) is 0. The maximum absolute atomic E-state index is 2.68. The minimum Gasteiger partial charge on any atom is -0.286 e. The Kier molecular flexibility index (Phi) is 3.13. The first kappa shape index (κ1) is 10.4. The molecule has 0 saturated carbocycles. The molecule has 0 unspecified atom stereocenters. The average Bonchev–Trinajstić information content (AvgIpc) is 2.72. The van der Waals surface area contributed by atoms with Crippen molar-refractivity contribution in [1.82, 2.24) is 9.80 Å². The SMILES string of the molecule is CC(C)(N1CCCCC1)N1CCCC1. The molecule has 2 rings (SSSR count). The lowest BCUT2D eigenvalue weighted by Crippen LogP contribution is -2.57. The summed E-state index contributed by atoms with van der Waals surface area (Å²) in [5.41, 5.74) is 0.316. The summed E-state index contributed by atoms with van der Waals surface area (Å²) in [6.07, 6.45) is 7.04. The standard InChI is InChI=1S/C12H24N2/c1-12(2,14-10-6-7-11-14)13-8-4-3-5-9-13/h3-11H2,1-2H3. The fourth-order valence-electron chi connectivity index (χ4n) is 2.91. The monoisotopic (exact) mass is 196 g/mol. The summed E-state index contributed by atoms with van der Waals surface area (Å²) in [7, 11) is 0. The highest BCUT2D eigenvalue weighted by molar-refractivity contribution is 4.86. The van der Waals surface area contributed by atoms with Crippen molar-refractivity contribution in [2.75, 3.05) is 26.2 Å². The van der Waals surface area contributed by atoms with Gasteiger partial charge in [0.1, 0.15) is 0 Å². The van der Waals surface area contributed by atoms with Gasteiger partial charge in [0.05, 0.1) is 5.66 Å². The molecular formula is C12H24N2. The van der Waals surface area contributed by atoms with Crippen LogP contribution in [0.3, 0.4) is 0 Å². The molecule has 2 heterocycles. The Morgan fingerprint density at radius 3 is 1.43 bits per heavy atom. The van der Waals surface area contributed by atoms with Gasteiger partial charge in [0.2, 0.25) is 0 Å². The number of hydrogen-bond acceptors (Lipinski definition) is 2. The summed E-state index contributed by atoms with van der Waals surface area (Å²) in [5, 5.41) is 0. The van der Waals surface area contributed by atoms with Crippen molar-refractivity contribution >= 4 is 0 Å². The zero-order valence-corrected chi connectivity index (χ0v) is 9.76.